The van der Waals surface area contributed by atoms with E-state index in [0.29, 0.717) is 12.4 Å². The number of piperidine rings is 2. The van der Waals surface area contributed by atoms with Gasteiger partial charge in [0.05, 0.1) is 32.3 Å². The SMILES string of the molecule is C=CCOc1ccc(C2N3CC4([N+](=O)[O-])CN2CC([N+](=O)[O-])(C3)C4(C)C)cc1. The predicted molar refractivity (Wildman–Crippen MR) is 101 cm³/mol. The maximum Gasteiger partial charge on any atom is 0.259 e. The summed E-state index contributed by atoms with van der Waals surface area (Å²) in [4.78, 5) is 27.5. The Kier molecular flexibility index (Phi) is 4.03. The van der Waals surface area contributed by atoms with E-state index in [1.807, 2.05) is 34.1 Å². The van der Waals surface area contributed by atoms with Crippen molar-refractivity contribution < 1.29 is 14.6 Å². The highest BCUT2D eigenvalue weighted by molar-refractivity contribution is 5.32. The van der Waals surface area contributed by atoms with E-state index in [9.17, 15) is 20.2 Å². The summed E-state index contributed by atoms with van der Waals surface area (Å²) in [5.41, 5.74) is -2.81. The van der Waals surface area contributed by atoms with Crippen LogP contribution in [0.15, 0.2) is 36.9 Å². The molecule has 9 nitrogen and oxygen atoms in total. The molecule has 150 valence electrons. The Bertz CT molecular complexity index is 785. The van der Waals surface area contributed by atoms with Gasteiger partial charge in [-0.15, -0.1) is 0 Å². The average molecular weight is 388 g/mol. The third-order valence-electron chi connectivity index (χ3n) is 7.12. The molecular weight excluding hydrogens is 364 g/mol. The molecule has 4 saturated heterocycles. The van der Waals surface area contributed by atoms with Crippen molar-refractivity contribution in [2.45, 2.75) is 31.1 Å². The number of hydrogen-bond donors (Lipinski definition) is 0. The second kappa shape index (κ2) is 5.99. The van der Waals surface area contributed by atoms with Crippen LogP contribution in [0.25, 0.3) is 0 Å². The molecule has 0 saturated carbocycles. The molecule has 1 aromatic carbocycles. The van der Waals surface area contributed by atoms with E-state index in [1.54, 1.807) is 19.9 Å². The highest BCUT2D eigenvalue weighted by atomic mass is 16.6. The minimum atomic E-state index is -1.36. The molecule has 4 aliphatic rings. The lowest BCUT2D eigenvalue weighted by molar-refractivity contribution is -0.679. The number of nitrogens with zero attached hydrogens (tertiary/aromatic N) is 4. The lowest BCUT2D eigenvalue weighted by Gasteiger charge is -2.66. The van der Waals surface area contributed by atoms with E-state index in [-0.39, 0.29) is 42.2 Å². The van der Waals surface area contributed by atoms with Gasteiger partial charge in [-0.1, -0.05) is 24.8 Å². The van der Waals surface area contributed by atoms with Gasteiger partial charge in [0.2, 0.25) is 0 Å². The molecule has 0 radical (unpaired) electrons. The summed E-state index contributed by atoms with van der Waals surface area (Å²) >= 11 is 0. The molecule has 1 aromatic rings. The first-order valence-electron chi connectivity index (χ1n) is 9.29. The van der Waals surface area contributed by atoms with E-state index < -0.39 is 16.5 Å². The van der Waals surface area contributed by atoms with Gasteiger partial charge in [0.1, 0.15) is 17.8 Å². The minimum Gasteiger partial charge on any atom is -0.490 e. The lowest BCUT2D eigenvalue weighted by Crippen LogP contribution is -2.88. The Morgan fingerprint density at radius 1 is 1.07 bits per heavy atom. The van der Waals surface area contributed by atoms with Gasteiger partial charge < -0.3 is 4.74 Å². The van der Waals surface area contributed by atoms with Crippen LogP contribution in [0.3, 0.4) is 0 Å². The summed E-state index contributed by atoms with van der Waals surface area (Å²) in [7, 11) is 0. The second-order valence-corrected chi connectivity index (χ2v) is 8.55. The molecule has 28 heavy (non-hydrogen) atoms. The number of benzene rings is 1. The van der Waals surface area contributed by atoms with Gasteiger partial charge in [-0.3, -0.25) is 30.0 Å². The fourth-order valence-electron chi connectivity index (χ4n) is 5.36. The monoisotopic (exact) mass is 388 g/mol. The highest BCUT2D eigenvalue weighted by Gasteiger charge is 2.81. The van der Waals surface area contributed by atoms with Crippen molar-refractivity contribution >= 4 is 0 Å². The van der Waals surface area contributed by atoms with Crippen LogP contribution in [-0.2, 0) is 0 Å². The Hall–Kier alpha value is -2.52. The molecule has 9 heteroatoms. The van der Waals surface area contributed by atoms with Crippen molar-refractivity contribution in [1.82, 2.24) is 9.80 Å². The van der Waals surface area contributed by atoms with Crippen molar-refractivity contribution in [3.8, 4) is 5.75 Å². The Morgan fingerprint density at radius 3 is 1.93 bits per heavy atom. The Labute approximate surface area is 162 Å². The molecule has 4 fully saturated rings. The summed E-state index contributed by atoms with van der Waals surface area (Å²) < 4.78 is 5.51. The number of hydrogen-bond acceptors (Lipinski definition) is 7. The summed E-state index contributed by atoms with van der Waals surface area (Å²) in [5, 5.41) is 24.3. The van der Waals surface area contributed by atoms with E-state index >= 15 is 0 Å². The first kappa shape index (κ1) is 18.8. The Morgan fingerprint density at radius 2 is 1.54 bits per heavy atom. The van der Waals surface area contributed by atoms with Crippen LogP contribution in [0.5, 0.6) is 5.75 Å². The van der Waals surface area contributed by atoms with Crippen molar-refractivity contribution in [3.05, 3.63) is 62.7 Å². The molecule has 0 N–H and O–H groups in total. The molecule has 0 aliphatic carbocycles. The number of ether oxygens (including phenoxy) is 1. The second-order valence-electron chi connectivity index (χ2n) is 8.55. The normalized spacial score (nSPS) is 37.4. The van der Waals surface area contributed by atoms with Gasteiger partial charge >= 0.3 is 0 Å². The predicted octanol–water partition coefficient (Wildman–Crippen LogP) is 1.95. The molecule has 4 aliphatic heterocycles. The summed E-state index contributed by atoms with van der Waals surface area (Å²) in [6, 6.07) is 7.55. The molecule has 5 rings (SSSR count). The minimum absolute atomic E-state index is 0.203. The standard InChI is InChI=1S/C19H24N4O5/c1-4-9-28-15-7-5-14(6-8-15)16-20-10-18(22(24)25)11-21(16)13-19(12-20,23(26)27)17(18,2)3/h4-8,16H,1,9-13H2,2-3H3. The van der Waals surface area contributed by atoms with Gasteiger partial charge in [-0.05, 0) is 31.5 Å². The maximum absolute atomic E-state index is 12.1. The van der Waals surface area contributed by atoms with Gasteiger partial charge in [-0.2, -0.15) is 0 Å². The van der Waals surface area contributed by atoms with Crippen molar-refractivity contribution in [1.29, 1.82) is 0 Å². The summed E-state index contributed by atoms with van der Waals surface area (Å²) in [5.74, 6) is 0.710. The van der Waals surface area contributed by atoms with E-state index in [2.05, 4.69) is 6.58 Å². The molecule has 4 heterocycles. The summed E-state index contributed by atoms with van der Waals surface area (Å²) in [6.45, 7) is 8.25. The number of nitro groups is 2. The topological polar surface area (TPSA) is 102 Å². The van der Waals surface area contributed by atoms with Gasteiger partial charge in [0, 0.05) is 9.85 Å². The lowest BCUT2D eigenvalue weighted by atomic mass is 9.53. The van der Waals surface area contributed by atoms with Crippen LogP contribution >= 0.6 is 0 Å². The van der Waals surface area contributed by atoms with Crippen LogP contribution in [-0.4, -0.2) is 63.5 Å². The van der Waals surface area contributed by atoms with Gasteiger partial charge in [0.25, 0.3) is 11.1 Å². The average Bonchev–Trinajstić information content (AvgIpc) is 2.63. The van der Waals surface area contributed by atoms with Crippen LogP contribution in [0, 0.1) is 25.6 Å². The zero-order valence-corrected chi connectivity index (χ0v) is 16.0. The highest BCUT2D eigenvalue weighted by Crippen LogP contribution is 2.58. The zero-order chi connectivity index (χ0) is 20.3. The first-order valence-corrected chi connectivity index (χ1v) is 9.29. The van der Waals surface area contributed by atoms with Crippen LogP contribution in [0.2, 0.25) is 0 Å². The van der Waals surface area contributed by atoms with Gasteiger partial charge in [-0.25, -0.2) is 0 Å². The molecule has 0 unspecified atom stereocenters. The molecular formula is C19H24N4O5. The van der Waals surface area contributed by atoms with E-state index in [4.69, 9.17) is 4.74 Å². The molecule has 0 atom stereocenters. The number of rotatable bonds is 6. The van der Waals surface area contributed by atoms with Crippen LogP contribution in [0.1, 0.15) is 25.6 Å². The molecule has 0 spiro atoms. The van der Waals surface area contributed by atoms with Crippen molar-refractivity contribution in [2.75, 3.05) is 32.8 Å². The molecule has 0 aromatic heterocycles. The van der Waals surface area contributed by atoms with E-state index in [0.717, 1.165) is 5.56 Å². The zero-order valence-electron chi connectivity index (χ0n) is 16.0. The van der Waals surface area contributed by atoms with E-state index in [1.165, 1.54) is 0 Å². The third-order valence-corrected chi connectivity index (χ3v) is 7.12. The Balaban J connectivity index is 1.71. The summed E-state index contributed by atoms with van der Waals surface area (Å²) in [6.07, 6.45) is 1.46. The van der Waals surface area contributed by atoms with Crippen LogP contribution < -0.4 is 4.74 Å². The van der Waals surface area contributed by atoms with Crippen molar-refractivity contribution in [3.63, 3.8) is 0 Å². The maximum atomic E-state index is 12.1. The van der Waals surface area contributed by atoms with Crippen molar-refractivity contribution in [2.24, 2.45) is 5.41 Å². The fourth-order valence-corrected chi connectivity index (χ4v) is 5.36. The smallest absolute Gasteiger partial charge is 0.259 e. The molecule has 0 amide bonds. The first-order chi connectivity index (χ1) is 13.2. The van der Waals surface area contributed by atoms with Crippen LogP contribution in [0.4, 0.5) is 0 Å². The largest absolute Gasteiger partial charge is 0.490 e. The quantitative estimate of drug-likeness (QED) is 0.417. The third kappa shape index (κ3) is 2.20. The molecule has 4 bridgehead atoms. The van der Waals surface area contributed by atoms with Gasteiger partial charge in [0.15, 0.2) is 0 Å². The fraction of sp³-hybridized carbons (Fsp3) is 0.579.